The van der Waals surface area contributed by atoms with Crippen LogP contribution in [0.2, 0.25) is 0 Å². The molecule has 2 saturated heterocycles. The molecule has 1 spiro atoms. The number of aromatic nitrogens is 4. The average Bonchev–Trinajstić information content (AvgIpc) is 3.52. The molecule has 176 valence electrons. The quantitative estimate of drug-likeness (QED) is 0.526. The van der Waals surface area contributed by atoms with E-state index in [1.165, 1.54) is 11.8 Å². The predicted molar refractivity (Wildman–Crippen MR) is 130 cm³/mol. The van der Waals surface area contributed by atoms with E-state index in [4.69, 9.17) is 0 Å². The van der Waals surface area contributed by atoms with E-state index >= 15 is 0 Å². The molecule has 0 saturated carbocycles. The van der Waals surface area contributed by atoms with Gasteiger partial charge in [0.15, 0.2) is 0 Å². The predicted octanol–water partition coefficient (Wildman–Crippen LogP) is 3.22. The third-order valence-corrected chi connectivity index (χ3v) is 7.72. The molecule has 34 heavy (non-hydrogen) atoms. The number of nitrogens with zero attached hydrogens (tertiary/aromatic N) is 6. The van der Waals surface area contributed by atoms with Gasteiger partial charge in [-0.2, -0.15) is 5.10 Å². The molecule has 0 radical (unpaired) electrons. The van der Waals surface area contributed by atoms with Gasteiger partial charge in [-0.05, 0) is 61.3 Å². The zero-order chi connectivity index (χ0) is 23.5. The molecule has 0 atom stereocenters. The zero-order valence-electron chi connectivity index (χ0n) is 19.3. The van der Waals surface area contributed by atoms with E-state index in [9.17, 15) is 9.59 Å². The molecule has 2 fully saturated rings. The monoisotopic (exact) mass is 476 g/mol. The molecule has 2 amide bonds. The van der Waals surface area contributed by atoms with Gasteiger partial charge in [-0.3, -0.25) is 19.3 Å². The Labute approximate surface area is 203 Å². The Morgan fingerprint density at radius 2 is 1.74 bits per heavy atom. The number of piperidine rings is 1. The molecular weight excluding hydrogens is 448 g/mol. The maximum atomic E-state index is 13.1. The minimum absolute atomic E-state index is 0.0573. The molecule has 2 aliphatic rings. The van der Waals surface area contributed by atoms with Crippen LogP contribution in [0, 0.1) is 5.41 Å². The molecule has 0 aliphatic carbocycles. The number of thioether (sulfide) groups is 1. The summed E-state index contributed by atoms with van der Waals surface area (Å²) in [5, 5.41) is 5.33. The van der Waals surface area contributed by atoms with E-state index < -0.39 is 0 Å². The molecule has 0 aromatic carbocycles. The lowest BCUT2D eigenvalue weighted by Gasteiger charge is -2.39. The molecule has 5 rings (SSSR count). The second-order valence-corrected chi connectivity index (χ2v) is 9.85. The fraction of sp³-hybridized carbons (Fsp3) is 0.400. The van der Waals surface area contributed by atoms with Gasteiger partial charge in [-0.1, -0.05) is 0 Å². The molecule has 2 aliphatic heterocycles. The first kappa shape index (κ1) is 22.6. The highest BCUT2D eigenvalue weighted by Gasteiger charge is 2.43. The lowest BCUT2D eigenvalue weighted by molar-refractivity contribution is -0.131. The lowest BCUT2D eigenvalue weighted by atomic mass is 9.77. The van der Waals surface area contributed by atoms with E-state index in [2.05, 4.69) is 15.1 Å². The Kier molecular flexibility index (Phi) is 6.36. The minimum atomic E-state index is 0.0573. The Morgan fingerprint density at radius 1 is 1.00 bits per heavy atom. The van der Waals surface area contributed by atoms with E-state index in [-0.39, 0.29) is 23.8 Å². The fourth-order valence-corrected chi connectivity index (χ4v) is 5.53. The van der Waals surface area contributed by atoms with Crippen LogP contribution < -0.4 is 0 Å². The number of carbonyl (C=O) groups excluding carboxylic acids is 2. The summed E-state index contributed by atoms with van der Waals surface area (Å²) in [7, 11) is 0. The summed E-state index contributed by atoms with van der Waals surface area (Å²) in [5.41, 5.74) is 2.61. The molecule has 0 N–H and O–H groups in total. The second kappa shape index (κ2) is 9.58. The number of pyridine rings is 2. The molecule has 0 unspecified atom stereocenters. The van der Waals surface area contributed by atoms with Crippen molar-refractivity contribution < 1.29 is 9.59 Å². The highest BCUT2D eigenvalue weighted by atomic mass is 32.2. The number of hydrogen-bond acceptors (Lipinski definition) is 6. The van der Waals surface area contributed by atoms with Crippen LogP contribution in [-0.2, 0) is 11.3 Å². The van der Waals surface area contributed by atoms with Gasteiger partial charge in [0.05, 0.1) is 11.3 Å². The highest BCUT2D eigenvalue weighted by molar-refractivity contribution is 7.98. The average molecular weight is 477 g/mol. The first-order valence-corrected chi connectivity index (χ1v) is 12.8. The van der Waals surface area contributed by atoms with Gasteiger partial charge < -0.3 is 9.80 Å². The Balaban J connectivity index is 1.17. The SMILES string of the molecule is CSc1ncccc1C(=O)N1CCC2(CCN(C(=O)Cn3ccc(-c4ccncc4)n3)C2)CC1. The van der Waals surface area contributed by atoms with Crippen molar-refractivity contribution in [2.45, 2.75) is 30.8 Å². The highest BCUT2D eigenvalue weighted by Crippen LogP contribution is 2.41. The van der Waals surface area contributed by atoms with E-state index in [1.54, 1.807) is 23.3 Å². The van der Waals surface area contributed by atoms with Crippen molar-refractivity contribution in [1.82, 2.24) is 29.5 Å². The van der Waals surface area contributed by atoms with E-state index in [0.717, 1.165) is 61.7 Å². The van der Waals surface area contributed by atoms with Crippen LogP contribution in [0.25, 0.3) is 11.3 Å². The summed E-state index contributed by atoms with van der Waals surface area (Å²) >= 11 is 1.50. The van der Waals surface area contributed by atoms with Gasteiger partial charge in [-0.15, -0.1) is 11.8 Å². The maximum Gasteiger partial charge on any atom is 0.256 e. The number of amides is 2. The Morgan fingerprint density at radius 3 is 2.47 bits per heavy atom. The van der Waals surface area contributed by atoms with Gasteiger partial charge in [0.1, 0.15) is 11.6 Å². The third kappa shape index (κ3) is 4.57. The second-order valence-electron chi connectivity index (χ2n) is 9.05. The molecule has 8 nitrogen and oxygen atoms in total. The van der Waals surface area contributed by atoms with Crippen LogP contribution in [0.1, 0.15) is 29.6 Å². The van der Waals surface area contributed by atoms with Gasteiger partial charge in [-0.25, -0.2) is 4.98 Å². The first-order valence-electron chi connectivity index (χ1n) is 11.6. The Hall–Kier alpha value is -3.20. The number of carbonyl (C=O) groups is 2. The first-order chi connectivity index (χ1) is 16.6. The molecule has 0 bridgehead atoms. The third-order valence-electron chi connectivity index (χ3n) is 7.01. The van der Waals surface area contributed by atoms with Gasteiger partial charge in [0, 0.05) is 56.5 Å². The molecule has 9 heteroatoms. The van der Waals surface area contributed by atoms with Crippen molar-refractivity contribution in [2.24, 2.45) is 5.41 Å². The van der Waals surface area contributed by atoms with Crippen LogP contribution in [0.15, 0.2) is 60.1 Å². The van der Waals surface area contributed by atoms with Crippen molar-refractivity contribution >= 4 is 23.6 Å². The fourth-order valence-electron chi connectivity index (χ4n) is 4.99. The number of hydrogen-bond donors (Lipinski definition) is 0. The van der Waals surface area contributed by atoms with Crippen LogP contribution in [-0.4, -0.2) is 73.8 Å². The summed E-state index contributed by atoms with van der Waals surface area (Å²) < 4.78 is 1.71. The summed E-state index contributed by atoms with van der Waals surface area (Å²) in [6, 6.07) is 9.42. The van der Waals surface area contributed by atoms with Gasteiger partial charge in [0.2, 0.25) is 5.91 Å². The van der Waals surface area contributed by atoms with Crippen molar-refractivity contribution in [1.29, 1.82) is 0 Å². The zero-order valence-corrected chi connectivity index (χ0v) is 20.1. The largest absolute Gasteiger partial charge is 0.341 e. The number of likely N-dealkylation sites (tertiary alicyclic amines) is 2. The molecule has 3 aromatic heterocycles. The molecule has 5 heterocycles. The van der Waals surface area contributed by atoms with Crippen LogP contribution >= 0.6 is 11.8 Å². The van der Waals surface area contributed by atoms with Crippen LogP contribution in [0.5, 0.6) is 0 Å². The molecular formula is C25H28N6O2S. The lowest BCUT2D eigenvalue weighted by Crippen LogP contribution is -2.45. The smallest absolute Gasteiger partial charge is 0.256 e. The van der Waals surface area contributed by atoms with E-state index in [0.29, 0.717) is 5.56 Å². The summed E-state index contributed by atoms with van der Waals surface area (Å²) in [4.78, 5) is 38.3. The van der Waals surface area contributed by atoms with Crippen molar-refractivity contribution in [3.63, 3.8) is 0 Å². The van der Waals surface area contributed by atoms with Crippen molar-refractivity contribution in [2.75, 3.05) is 32.4 Å². The standard InChI is InChI=1S/C25H28N6O2S/c1-34-23-20(3-2-10-27-23)24(33)29-14-7-25(8-15-29)9-16-30(18-25)22(32)17-31-13-6-21(28-31)19-4-11-26-12-5-19/h2-6,10-13H,7-9,14-18H2,1H3. The normalized spacial score (nSPS) is 17.3. The summed E-state index contributed by atoms with van der Waals surface area (Å²) in [5.74, 6) is 0.154. The minimum Gasteiger partial charge on any atom is -0.341 e. The summed E-state index contributed by atoms with van der Waals surface area (Å²) in [6.45, 7) is 3.21. The number of rotatable bonds is 5. The van der Waals surface area contributed by atoms with Crippen molar-refractivity contribution in [3.8, 4) is 11.3 Å². The van der Waals surface area contributed by atoms with E-state index in [1.807, 2.05) is 52.6 Å². The van der Waals surface area contributed by atoms with Gasteiger partial charge in [0.25, 0.3) is 5.91 Å². The topological polar surface area (TPSA) is 84.2 Å². The summed E-state index contributed by atoms with van der Waals surface area (Å²) in [6.07, 6.45) is 11.8. The van der Waals surface area contributed by atoms with Gasteiger partial charge >= 0.3 is 0 Å². The Bertz CT molecular complexity index is 1170. The maximum absolute atomic E-state index is 13.1. The van der Waals surface area contributed by atoms with Crippen molar-refractivity contribution in [3.05, 3.63) is 60.7 Å². The van der Waals surface area contributed by atoms with Crippen LogP contribution in [0.4, 0.5) is 0 Å². The molecule has 3 aromatic rings. The van der Waals surface area contributed by atoms with Crippen LogP contribution in [0.3, 0.4) is 0 Å².